The summed E-state index contributed by atoms with van der Waals surface area (Å²) in [6.07, 6.45) is 7.26. The number of ether oxygens (including phenoxy) is 1. The second-order valence-corrected chi connectivity index (χ2v) is 3.04. The van der Waals surface area contributed by atoms with Crippen molar-refractivity contribution in [1.29, 1.82) is 0 Å². The number of benzene rings is 1. The average molecular weight is 185 g/mol. The molecule has 70 valence electrons. The zero-order valence-corrected chi connectivity index (χ0v) is 8.03. The standard InChI is InChI=1S/C12H11NO/c1-3-8-13-9-7-10-11(13)5-4-6-12(10)14-2/h1,4-7,9H,8H2,2H3. The number of hydrogen-bond donors (Lipinski definition) is 0. The molecule has 0 aliphatic heterocycles. The first kappa shape index (κ1) is 8.71. The number of terminal acetylenes is 1. The van der Waals surface area contributed by atoms with Gasteiger partial charge in [-0.25, -0.2) is 0 Å². The van der Waals surface area contributed by atoms with Crippen molar-refractivity contribution in [3.63, 3.8) is 0 Å². The average Bonchev–Trinajstić information content (AvgIpc) is 2.62. The Labute approximate surface area is 83.1 Å². The molecule has 0 amide bonds. The van der Waals surface area contributed by atoms with E-state index in [1.807, 2.05) is 35.0 Å². The molecule has 0 unspecified atom stereocenters. The molecule has 0 aliphatic rings. The van der Waals surface area contributed by atoms with E-state index in [1.165, 1.54) is 0 Å². The summed E-state index contributed by atoms with van der Waals surface area (Å²) in [5.74, 6) is 3.51. The molecular weight excluding hydrogens is 174 g/mol. The van der Waals surface area contributed by atoms with E-state index in [0.717, 1.165) is 16.7 Å². The number of hydrogen-bond acceptors (Lipinski definition) is 1. The van der Waals surface area contributed by atoms with Crippen LogP contribution in [0.5, 0.6) is 5.75 Å². The fourth-order valence-corrected chi connectivity index (χ4v) is 1.61. The Morgan fingerprint density at radius 3 is 3.00 bits per heavy atom. The van der Waals surface area contributed by atoms with E-state index in [4.69, 9.17) is 11.2 Å². The third-order valence-corrected chi connectivity index (χ3v) is 2.26. The molecule has 2 aromatic rings. The molecule has 0 aliphatic carbocycles. The molecular formula is C12H11NO. The van der Waals surface area contributed by atoms with E-state index in [9.17, 15) is 0 Å². The van der Waals surface area contributed by atoms with Gasteiger partial charge in [0.25, 0.3) is 0 Å². The lowest BCUT2D eigenvalue weighted by Crippen LogP contribution is -1.92. The van der Waals surface area contributed by atoms with E-state index in [0.29, 0.717) is 6.54 Å². The number of fused-ring (bicyclic) bond motifs is 1. The maximum Gasteiger partial charge on any atom is 0.128 e. The van der Waals surface area contributed by atoms with Gasteiger partial charge >= 0.3 is 0 Å². The molecule has 1 aromatic heterocycles. The molecule has 0 spiro atoms. The van der Waals surface area contributed by atoms with Crippen LogP contribution in [0.2, 0.25) is 0 Å². The van der Waals surface area contributed by atoms with Gasteiger partial charge in [-0.2, -0.15) is 0 Å². The predicted octanol–water partition coefficient (Wildman–Crippen LogP) is 2.28. The maximum atomic E-state index is 5.28. The van der Waals surface area contributed by atoms with E-state index in [1.54, 1.807) is 7.11 Å². The van der Waals surface area contributed by atoms with Gasteiger partial charge in [-0.15, -0.1) is 6.42 Å². The summed E-state index contributed by atoms with van der Waals surface area (Å²) < 4.78 is 7.28. The van der Waals surface area contributed by atoms with Gasteiger partial charge in [0.2, 0.25) is 0 Å². The molecule has 2 heteroatoms. The molecule has 0 radical (unpaired) electrons. The second kappa shape index (κ2) is 3.47. The van der Waals surface area contributed by atoms with Gasteiger partial charge in [0, 0.05) is 11.6 Å². The lowest BCUT2D eigenvalue weighted by molar-refractivity contribution is 0.420. The normalized spacial score (nSPS) is 10.0. The van der Waals surface area contributed by atoms with Gasteiger partial charge in [0.1, 0.15) is 5.75 Å². The first-order valence-corrected chi connectivity index (χ1v) is 4.42. The van der Waals surface area contributed by atoms with E-state index >= 15 is 0 Å². The molecule has 1 heterocycles. The van der Waals surface area contributed by atoms with Crippen molar-refractivity contribution in [3.05, 3.63) is 30.5 Å². The van der Waals surface area contributed by atoms with Gasteiger partial charge in [-0.1, -0.05) is 12.0 Å². The molecule has 0 bridgehead atoms. The third-order valence-electron chi connectivity index (χ3n) is 2.26. The third kappa shape index (κ3) is 1.23. The zero-order chi connectivity index (χ0) is 9.97. The Morgan fingerprint density at radius 1 is 1.43 bits per heavy atom. The molecule has 0 N–H and O–H groups in total. The smallest absolute Gasteiger partial charge is 0.128 e. The Hall–Kier alpha value is -1.88. The highest BCUT2D eigenvalue weighted by Crippen LogP contribution is 2.25. The Balaban J connectivity index is 2.64. The molecule has 0 atom stereocenters. The highest BCUT2D eigenvalue weighted by atomic mass is 16.5. The maximum absolute atomic E-state index is 5.28. The minimum Gasteiger partial charge on any atom is -0.496 e. The van der Waals surface area contributed by atoms with Crippen molar-refractivity contribution >= 4 is 10.9 Å². The minimum atomic E-state index is 0.594. The molecule has 0 saturated carbocycles. The molecule has 1 aromatic carbocycles. The number of nitrogens with zero attached hydrogens (tertiary/aromatic N) is 1. The van der Waals surface area contributed by atoms with E-state index in [-0.39, 0.29) is 0 Å². The SMILES string of the molecule is C#CCn1ccc2c(OC)cccc21. The van der Waals surface area contributed by atoms with Crippen molar-refractivity contribution < 1.29 is 4.74 Å². The fraction of sp³-hybridized carbons (Fsp3) is 0.167. The molecule has 14 heavy (non-hydrogen) atoms. The molecule has 0 saturated heterocycles. The van der Waals surface area contributed by atoms with Gasteiger partial charge < -0.3 is 9.30 Å². The Morgan fingerprint density at radius 2 is 2.29 bits per heavy atom. The predicted molar refractivity (Wildman–Crippen MR) is 57.3 cm³/mol. The van der Waals surface area contributed by atoms with Crippen LogP contribution in [0.15, 0.2) is 30.5 Å². The van der Waals surface area contributed by atoms with Gasteiger partial charge in [0.05, 0.1) is 19.2 Å². The van der Waals surface area contributed by atoms with Crippen molar-refractivity contribution in [3.8, 4) is 18.1 Å². The topological polar surface area (TPSA) is 14.2 Å². The molecule has 0 fully saturated rings. The number of aromatic nitrogens is 1. The van der Waals surface area contributed by atoms with Crippen LogP contribution in [-0.2, 0) is 6.54 Å². The van der Waals surface area contributed by atoms with Gasteiger partial charge in [-0.3, -0.25) is 0 Å². The second-order valence-electron chi connectivity index (χ2n) is 3.04. The Bertz CT molecular complexity index is 490. The van der Waals surface area contributed by atoms with Crippen LogP contribution in [0.4, 0.5) is 0 Å². The van der Waals surface area contributed by atoms with Crippen LogP contribution in [0.3, 0.4) is 0 Å². The zero-order valence-electron chi connectivity index (χ0n) is 8.03. The summed E-state index contributed by atoms with van der Waals surface area (Å²) in [4.78, 5) is 0. The number of methoxy groups -OCH3 is 1. The van der Waals surface area contributed by atoms with Crippen LogP contribution >= 0.6 is 0 Å². The monoisotopic (exact) mass is 185 g/mol. The summed E-state index contributed by atoms with van der Waals surface area (Å²) in [6, 6.07) is 7.97. The van der Waals surface area contributed by atoms with Crippen LogP contribution in [-0.4, -0.2) is 11.7 Å². The minimum absolute atomic E-state index is 0.594. The highest BCUT2D eigenvalue weighted by Gasteiger charge is 2.03. The van der Waals surface area contributed by atoms with E-state index < -0.39 is 0 Å². The first-order valence-electron chi connectivity index (χ1n) is 4.42. The van der Waals surface area contributed by atoms with Crippen LogP contribution in [0.1, 0.15) is 0 Å². The lowest BCUT2D eigenvalue weighted by atomic mass is 10.2. The van der Waals surface area contributed by atoms with Crippen molar-refractivity contribution in [2.75, 3.05) is 7.11 Å². The first-order chi connectivity index (χ1) is 6.86. The van der Waals surface area contributed by atoms with Gasteiger partial charge in [0.15, 0.2) is 0 Å². The summed E-state index contributed by atoms with van der Waals surface area (Å²) in [6.45, 7) is 0.594. The highest BCUT2D eigenvalue weighted by molar-refractivity contribution is 5.86. The summed E-state index contributed by atoms with van der Waals surface area (Å²) in [5.41, 5.74) is 1.11. The van der Waals surface area contributed by atoms with Crippen LogP contribution in [0.25, 0.3) is 10.9 Å². The largest absolute Gasteiger partial charge is 0.496 e. The lowest BCUT2D eigenvalue weighted by Gasteiger charge is -2.03. The van der Waals surface area contributed by atoms with Crippen LogP contribution < -0.4 is 4.74 Å². The van der Waals surface area contributed by atoms with Crippen molar-refractivity contribution in [1.82, 2.24) is 4.57 Å². The molecule has 2 rings (SSSR count). The van der Waals surface area contributed by atoms with E-state index in [2.05, 4.69) is 5.92 Å². The van der Waals surface area contributed by atoms with Crippen LogP contribution in [0, 0.1) is 12.3 Å². The fourth-order valence-electron chi connectivity index (χ4n) is 1.61. The Kier molecular flexibility index (Phi) is 2.16. The quantitative estimate of drug-likeness (QED) is 0.655. The number of rotatable bonds is 2. The van der Waals surface area contributed by atoms with Crippen molar-refractivity contribution in [2.45, 2.75) is 6.54 Å². The summed E-state index contributed by atoms with van der Waals surface area (Å²) in [7, 11) is 1.67. The summed E-state index contributed by atoms with van der Waals surface area (Å²) in [5, 5.41) is 1.10. The van der Waals surface area contributed by atoms with Gasteiger partial charge in [-0.05, 0) is 18.2 Å². The summed E-state index contributed by atoms with van der Waals surface area (Å²) >= 11 is 0. The molecule has 2 nitrogen and oxygen atoms in total. The van der Waals surface area contributed by atoms with Crippen molar-refractivity contribution in [2.24, 2.45) is 0 Å².